The second kappa shape index (κ2) is 12.1. The number of ether oxygens (including phenoxy) is 1. The minimum Gasteiger partial charge on any atom is -0.497 e. The maximum atomic E-state index is 15.8. The van der Waals surface area contributed by atoms with Gasteiger partial charge in [-0.2, -0.15) is 0 Å². The van der Waals surface area contributed by atoms with Crippen LogP contribution in [0, 0.1) is 34.7 Å². The first-order valence-corrected chi connectivity index (χ1v) is 12.6. The first kappa shape index (κ1) is 27.8. The van der Waals surface area contributed by atoms with E-state index in [9.17, 15) is 18.3 Å². The number of aliphatic hydroxyl groups excluding tert-OH is 1. The lowest BCUT2D eigenvalue weighted by molar-refractivity contribution is 0.0344. The molecule has 3 aromatic rings. The normalized spacial score (nSPS) is 16.2. The van der Waals surface area contributed by atoms with Gasteiger partial charge in [0.25, 0.3) is 0 Å². The maximum absolute atomic E-state index is 15.8. The highest BCUT2D eigenvalue weighted by molar-refractivity contribution is 5.85. The third kappa shape index (κ3) is 6.09. The molecule has 0 saturated carbocycles. The van der Waals surface area contributed by atoms with Crippen molar-refractivity contribution in [2.24, 2.45) is 11.1 Å². The first-order valence-electron chi connectivity index (χ1n) is 12.6. The summed E-state index contributed by atoms with van der Waals surface area (Å²) in [5, 5.41) is 10.9. The molecule has 0 radical (unpaired) electrons. The van der Waals surface area contributed by atoms with Gasteiger partial charge in [0.15, 0.2) is 0 Å². The van der Waals surface area contributed by atoms with Gasteiger partial charge in [0.05, 0.1) is 24.7 Å². The van der Waals surface area contributed by atoms with Gasteiger partial charge in [-0.05, 0) is 68.0 Å². The summed E-state index contributed by atoms with van der Waals surface area (Å²) in [6.07, 6.45) is 2.28. The SMILES string of the molecule is COc1ccc2ncc(CN)c([C@H](F)CCC3(CO)CCN(CC#Cc4c(F)cc(F)cc4F)CC3)c2c1. The van der Waals surface area contributed by atoms with Crippen LogP contribution in [0.15, 0.2) is 36.5 Å². The average molecular weight is 530 g/mol. The Kier molecular flexibility index (Phi) is 8.87. The molecule has 0 bridgehead atoms. The van der Waals surface area contributed by atoms with Crippen LogP contribution >= 0.6 is 0 Å². The summed E-state index contributed by atoms with van der Waals surface area (Å²) < 4.78 is 61.8. The lowest BCUT2D eigenvalue weighted by atomic mass is 9.74. The van der Waals surface area contributed by atoms with Gasteiger partial charge in [0, 0.05) is 42.4 Å². The monoisotopic (exact) mass is 529 g/mol. The van der Waals surface area contributed by atoms with E-state index in [1.807, 2.05) is 4.90 Å². The van der Waals surface area contributed by atoms with Gasteiger partial charge in [-0.1, -0.05) is 11.8 Å². The molecular formula is C29H31F4N3O2. The number of hydrogen-bond acceptors (Lipinski definition) is 5. The van der Waals surface area contributed by atoms with Crippen LogP contribution < -0.4 is 10.5 Å². The van der Waals surface area contributed by atoms with Crippen molar-refractivity contribution < 1.29 is 27.4 Å². The number of nitrogens with zero attached hydrogens (tertiary/aromatic N) is 2. The van der Waals surface area contributed by atoms with E-state index in [1.165, 1.54) is 0 Å². The number of halogens is 4. The lowest BCUT2D eigenvalue weighted by Gasteiger charge is -2.40. The Balaban J connectivity index is 1.40. The van der Waals surface area contributed by atoms with Crippen LogP contribution in [0.3, 0.4) is 0 Å². The number of pyridine rings is 1. The van der Waals surface area contributed by atoms with Crippen molar-refractivity contribution in [1.82, 2.24) is 9.88 Å². The lowest BCUT2D eigenvalue weighted by Crippen LogP contribution is -2.42. The molecule has 1 aromatic heterocycles. The van der Waals surface area contributed by atoms with Gasteiger partial charge in [-0.15, -0.1) is 0 Å². The molecule has 1 aliphatic rings. The second-order valence-corrected chi connectivity index (χ2v) is 9.77. The molecule has 202 valence electrons. The van der Waals surface area contributed by atoms with Crippen LogP contribution in [0.1, 0.15) is 48.5 Å². The first-order chi connectivity index (χ1) is 18.3. The van der Waals surface area contributed by atoms with Crippen molar-refractivity contribution in [2.75, 3.05) is 33.4 Å². The van der Waals surface area contributed by atoms with E-state index in [2.05, 4.69) is 16.8 Å². The molecule has 38 heavy (non-hydrogen) atoms. The Morgan fingerprint density at radius 3 is 2.50 bits per heavy atom. The fourth-order valence-electron chi connectivity index (χ4n) is 5.04. The van der Waals surface area contributed by atoms with E-state index in [1.54, 1.807) is 31.5 Å². The zero-order valence-electron chi connectivity index (χ0n) is 21.2. The molecule has 1 aliphatic heterocycles. The third-order valence-electron chi connectivity index (χ3n) is 7.44. The molecule has 1 fully saturated rings. The van der Waals surface area contributed by atoms with E-state index >= 15 is 4.39 Å². The molecule has 1 atom stereocenters. The van der Waals surface area contributed by atoms with E-state index in [0.29, 0.717) is 72.3 Å². The summed E-state index contributed by atoms with van der Waals surface area (Å²) in [7, 11) is 1.55. The molecular weight excluding hydrogens is 498 g/mol. The van der Waals surface area contributed by atoms with Crippen molar-refractivity contribution in [3.05, 3.63) is 70.7 Å². The predicted octanol–water partition coefficient (Wildman–Crippen LogP) is 5.04. The van der Waals surface area contributed by atoms with Gasteiger partial charge < -0.3 is 15.6 Å². The van der Waals surface area contributed by atoms with Crippen LogP contribution in [0.4, 0.5) is 17.6 Å². The Labute approximate surface area is 219 Å². The van der Waals surface area contributed by atoms with Crippen molar-refractivity contribution in [2.45, 2.75) is 38.4 Å². The number of nitrogens with two attached hydrogens (primary N) is 1. The molecule has 2 aromatic carbocycles. The van der Waals surface area contributed by atoms with Crippen LogP contribution in [-0.2, 0) is 6.54 Å². The summed E-state index contributed by atoms with van der Waals surface area (Å²) >= 11 is 0. The number of likely N-dealkylation sites (tertiary alicyclic amines) is 1. The number of piperidine rings is 1. The summed E-state index contributed by atoms with van der Waals surface area (Å²) in [5.74, 6) is 2.75. The molecule has 4 rings (SSSR count). The molecule has 1 saturated heterocycles. The summed E-state index contributed by atoms with van der Waals surface area (Å²) in [6, 6.07) is 6.54. The smallest absolute Gasteiger partial charge is 0.144 e. The highest BCUT2D eigenvalue weighted by atomic mass is 19.1. The maximum Gasteiger partial charge on any atom is 0.144 e. The van der Waals surface area contributed by atoms with E-state index in [0.717, 1.165) is 0 Å². The highest BCUT2D eigenvalue weighted by Crippen LogP contribution is 2.41. The fraction of sp³-hybridized carbons (Fsp3) is 0.414. The molecule has 0 spiro atoms. The fourth-order valence-corrected chi connectivity index (χ4v) is 5.04. The topological polar surface area (TPSA) is 71.6 Å². The minimum atomic E-state index is -1.29. The van der Waals surface area contributed by atoms with Gasteiger partial charge in [0.1, 0.15) is 29.4 Å². The van der Waals surface area contributed by atoms with E-state index in [4.69, 9.17) is 10.5 Å². The Hall–Kier alpha value is -3.19. The zero-order chi connectivity index (χ0) is 27.3. The third-order valence-corrected chi connectivity index (χ3v) is 7.44. The number of aliphatic hydroxyl groups is 1. The van der Waals surface area contributed by atoms with Crippen LogP contribution in [0.25, 0.3) is 10.9 Å². The molecule has 3 N–H and O–H groups in total. The van der Waals surface area contributed by atoms with Crippen molar-refractivity contribution in [3.8, 4) is 17.6 Å². The Bertz CT molecular complexity index is 1320. The number of benzene rings is 2. The molecule has 0 unspecified atom stereocenters. The van der Waals surface area contributed by atoms with Gasteiger partial charge in [-0.25, -0.2) is 17.6 Å². The number of rotatable bonds is 8. The number of methoxy groups -OCH3 is 1. The Morgan fingerprint density at radius 2 is 1.87 bits per heavy atom. The van der Waals surface area contributed by atoms with E-state index in [-0.39, 0.29) is 26.1 Å². The number of fused-ring (bicyclic) bond motifs is 1. The highest BCUT2D eigenvalue weighted by Gasteiger charge is 2.35. The second-order valence-electron chi connectivity index (χ2n) is 9.77. The predicted molar refractivity (Wildman–Crippen MR) is 138 cm³/mol. The van der Waals surface area contributed by atoms with Crippen molar-refractivity contribution in [3.63, 3.8) is 0 Å². The van der Waals surface area contributed by atoms with Gasteiger partial charge in [-0.3, -0.25) is 9.88 Å². The standard InChI is InChI=1S/C29H31F4N3O2/c1-38-21-4-5-27-23(15-21)28(19(16-34)17-35-27)24(31)6-7-29(18-37)8-11-36(12-9-29)10-2-3-22-25(32)13-20(30)14-26(22)33/h4-5,13-15,17,24,37H,6-12,16,18,34H2,1H3/t24-/m1/s1. The number of hydrogen-bond donors (Lipinski definition) is 2. The van der Waals surface area contributed by atoms with Crippen LogP contribution in [-0.4, -0.2) is 48.3 Å². The zero-order valence-corrected chi connectivity index (χ0v) is 21.2. The van der Waals surface area contributed by atoms with Crippen molar-refractivity contribution in [1.29, 1.82) is 0 Å². The van der Waals surface area contributed by atoms with Crippen molar-refractivity contribution >= 4 is 10.9 Å². The van der Waals surface area contributed by atoms with Gasteiger partial charge >= 0.3 is 0 Å². The number of aromatic nitrogens is 1. The molecule has 5 nitrogen and oxygen atoms in total. The quantitative estimate of drug-likeness (QED) is 0.316. The Morgan fingerprint density at radius 1 is 1.16 bits per heavy atom. The molecule has 9 heteroatoms. The molecule has 0 aliphatic carbocycles. The van der Waals surface area contributed by atoms with E-state index < -0.39 is 34.6 Å². The average Bonchev–Trinajstić information content (AvgIpc) is 2.92. The summed E-state index contributed by atoms with van der Waals surface area (Å²) in [6.45, 7) is 1.56. The number of alkyl halides is 1. The molecule has 2 heterocycles. The molecule has 0 amide bonds. The summed E-state index contributed by atoms with van der Waals surface area (Å²) in [4.78, 5) is 6.41. The summed E-state index contributed by atoms with van der Waals surface area (Å²) in [5.41, 5.74) is 6.82. The van der Waals surface area contributed by atoms with Gasteiger partial charge in [0.2, 0.25) is 0 Å². The van der Waals surface area contributed by atoms with Crippen LogP contribution in [0.5, 0.6) is 5.75 Å². The minimum absolute atomic E-state index is 0.0695. The largest absolute Gasteiger partial charge is 0.497 e. The van der Waals surface area contributed by atoms with Crippen LogP contribution in [0.2, 0.25) is 0 Å².